The summed E-state index contributed by atoms with van der Waals surface area (Å²) >= 11 is 5.92. The molecule has 1 rings (SSSR count). The average molecular weight is 872 g/mol. The van der Waals surface area contributed by atoms with Crippen molar-refractivity contribution in [2.75, 3.05) is 23.4 Å². The number of nitrogens with zero attached hydrogens (tertiary/aromatic N) is 1. The van der Waals surface area contributed by atoms with E-state index in [0.29, 0.717) is 22.0 Å². The molecule has 1 N–H and O–H groups in total. The van der Waals surface area contributed by atoms with E-state index >= 15 is 0 Å². The van der Waals surface area contributed by atoms with Gasteiger partial charge in [0.05, 0.1) is 21.5 Å². The molecule has 0 heterocycles. The van der Waals surface area contributed by atoms with Gasteiger partial charge in [-0.2, -0.15) is 0 Å². The van der Waals surface area contributed by atoms with Gasteiger partial charge >= 0.3 is 23.9 Å². The molecular weight excluding hydrogens is 845 g/mol. The van der Waals surface area contributed by atoms with Crippen LogP contribution in [0.5, 0.6) is 0 Å². The van der Waals surface area contributed by atoms with Crippen LogP contribution in [0.1, 0.15) is 47.1 Å². The van der Waals surface area contributed by atoms with E-state index < -0.39 is 47.9 Å². The summed E-state index contributed by atoms with van der Waals surface area (Å²) in [5, 5.41) is 2.73. The Morgan fingerprint density at radius 1 is 0.763 bits per heavy atom. The maximum absolute atomic E-state index is 13.5. The Balaban J connectivity index is 3.79. The highest BCUT2D eigenvalue weighted by molar-refractivity contribution is 14.1. The number of ether oxygens (including phenoxy) is 4. The lowest BCUT2D eigenvalue weighted by molar-refractivity contribution is -0.151. The molecule has 0 aliphatic heterocycles. The fourth-order valence-corrected chi connectivity index (χ4v) is 7.34. The molecule has 1 aromatic rings. The maximum Gasteiger partial charge on any atom is 0.303 e. The summed E-state index contributed by atoms with van der Waals surface area (Å²) in [5.74, 6) is -3.66. The second-order valence-electron chi connectivity index (χ2n) is 7.75. The quantitative estimate of drug-likeness (QED) is 0.199. The minimum absolute atomic E-state index is 0.110. The van der Waals surface area contributed by atoms with E-state index in [2.05, 4.69) is 5.32 Å². The van der Waals surface area contributed by atoms with Crippen LogP contribution in [0.2, 0.25) is 0 Å². The average Bonchev–Trinajstić information content (AvgIpc) is 2.78. The number of anilines is 2. The van der Waals surface area contributed by atoms with Crippen LogP contribution in [-0.4, -0.2) is 61.1 Å². The highest BCUT2D eigenvalue weighted by Crippen LogP contribution is 2.41. The van der Waals surface area contributed by atoms with Gasteiger partial charge < -0.3 is 29.2 Å². The number of hydrogen-bond acceptors (Lipinski definition) is 10. The van der Waals surface area contributed by atoms with Crippen molar-refractivity contribution in [3.63, 3.8) is 0 Å². The first-order valence-electron chi connectivity index (χ1n) is 11.0. The van der Waals surface area contributed by atoms with Gasteiger partial charge in [-0.1, -0.05) is 0 Å². The molecule has 15 heteroatoms. The summed E-state index contributed by atoms with van der Waals surface area (Å²) in [5.41, 5.74) is 1.07. The van der Waals surface area contributed by atoms with Crippen molar-refractivity contribution in [2.24, 2.45) is 0 Å². The zero-order valence-electron chi connectivity index (χ0n) is 21.4. The SMILES string of the molecule is CC(=O)OCCN(C(=O)C(C)OC(C)=O)c1c(I)c(COC(C)=O)c(I)c(NC(=O)C(C)OC(C)=O)c1I. The lowest BCUT2D eigenvalue weighted by Crippen LogP contribution is -2.43. The number of nitrogens with one attached hydrogen (secondary N) is 1. The van der Waals surface area contributed by atoms with Gasteiger partial charge in [0.25, 0.3) is 11.8 Å². The Kier molecular flexibility index (Phi) is 14.2. The van der Waals surface area contributed by atoms with Gasteiger partial charge in [-0.3, -0.25) is 28.8 Å². The number of carbonyl (C=O) groups excluding carboxylic acids is 6. The first kappa shape index (κ1) is 34.3. The van der Waals surface area contributed by atoms with Crippen LogP contribution >= 0.6 is 67.8 Å². The monoisotopic (exact) mass is 872 g/mol. The van der Waals surface area contributed by atoms with Gasteiger partial charge in [0.2, 0.25) is 0 Å². The number of carbonyl (C=O) groups is 6. The molecule has 0 aliphatic rings. The van der Waals surface area contributed by atoms with Crippen LogP contribution in [0, 0.1) is 10.7 Å². The van der Waals surface area contributed by atoms with Crippen molar-refractivity contribution >= 4 is 115 Å². The number of halogens is 3. The normalized spacial score (nSPS) is 12.0. The molecule has 0 fully saturated rings. The first-order valence-corrected chi connectivity index (χ1v) is 14.2. The van der Waals surface area contributed by atoms with Crippen LogP contribution in [-0.2, 0) is 54.3 Å². The third kappa shape index (κ3) is 10.1. The molecule has 0 spiro atoms. The molecule has 2 amide bonds. The van der Waals surface area contributed by atoms with Gasteiger partial charge in [-0.15, -0.1) is 0 Å². The van der Waals surface area contributed by atoms with E-state index in [4.69, 9.17) is 18.9 Å². The van der Waals surface area contributed by atoms with Crippen molar-refractivity contribution < 1.29 is 47.7 Å². The van der Waals surface area contributed by atoms with Crippen molar-refractivity contribution in [1.29, 1.82) is 0 Å². The molecule has 210 valence electrons. The van der Waals surface area contributed by atoms with E-state index in [-0.39, 0.29) is 25.4 Å². The second-order valence-corrected chi connectivity index (χ2v) is 11.0. The highest BCUT2D eigenvalue weighted by Gasteiger charge is 2.32. The van der Waals surface area contributed by atoms with Crippen LogP contribution in [0.15, 0.2) is 0 Å². The standard InChI is InChI=1S/C23H27I3N2O10/c1-10(37-14(5)31)22(33)27-20-17(24)16(9-36-13(4)30)18(25)21(19(20)26)28(7-8-35-12(3)29)23(34)11(2)38-15(6)32/h10-11H,7-9H2,1-6H3,(H,27,33). The maximum atomic E-state index is 13.5. The number of rotatable bonds is 11. The molecule has 0 radical (unpaired) electrons. The number of amides is 2. The van der Waals surface area contributed by atoms with Crippen molar-refractivity contribution in [2.45, 2.75) is 60.4 Å². The number of hydrogen-bond donors (Lipinski definition) is 1. The lowest BCUT2D eigenvalue weighted by atomic mass is 10.1. The summed E-state index contributed by atoms with van der Waals surface area (Å²) in [4.78, 5) is 73.4. The smallest absolute Gasteiger partial charge is 0.303 e. The molecule has 12 nitrogen and oxygen atoms in total. The fourth-order valence-electron chi connectivity index (χ4n) is 3.01. The second kappa shape index (κ2) is 15.7. The minimum atomic E-state index is -1.19. The van der Waals surface area contributed by atoms with E-state index in [9.17, 15) is 28.8 Å². The van der Waals surface area contributed by atoms with Crippen LogP contribution < -0.4 is 10.2 Å². The summed E-state index contributed by atoms with van der Waals surface area (Å²) < 4.78 is 21.8. The van der Waals surface area contributed by atoms with E-state index in [1.165, 1.54) is 46.4 Å². The Bertz CT molecular complexity index is 1130. The Morgan fingerprint density at radius 3 is 1.79 bits per heavy atom. The third-order valence-electron chi connectivity index (χ3n) is 4.61. The Labute approximate surface area is 260 Å². The minimum Gasteiger partial charge on any atom is -0.464 e. The molecule has 1 aromatic carbocycles. The Hall–Kier alpha value is -1.77. The van der Waals surface area contributed by atoms with Gasteiger partial charge in [0.1, 0.15) is 13.2 Å². The molecule has 38 heavy (non-hydrogen) atoms. The first-order chi connectivity index (χ1) is 17.6. The molecule has 0 bridgehead atoms. The largest absolute Gasteiger partial charge is 0.464 e. The summed E-state index contributed by atoms with van der Waals surface area (Å²) in [6, 6.07) is 0. The van der Waals surface area contributed by atoms with Crippen molar-refractivity contribution in [3.05, 3.63) is 16.3 Å². The zero-order valence-corrected chi connectivity index (χ0v) is 27.9. The third-order valence-corrected chi connectivity index (χ3v) is 8.01. The van der Waals surface area contributed by atoms with Crippen molar-refractivity contribution in [1.82, 2.24) is 0 Å². The molecule has 0 aliphatic carbocycles. The van der Waals surface area contributed by atoms with Gasteiger partial charge in [0.15, 0.2) is 12.2 Å². The molecule has 0 aromatic heterocycles. The predicted octanol–water partition coefficient (Wildman–Crippen LogP) is 3.30. The lowest BCUT2D eigenvalue weighted by Gasteiger charge is -2.30. The van der Waals surface area contributed by atoms with E-state index in [0.717, 1.165) is 0 Å². The zero-order chi connectivity index (χ0) is 29.3. The molecular formula is C23H27I3N2O10. The summed E-state index contributed by atoms with van der Waals surface area (Å²) in [6.07, 6.45) is -2.31. The Morgan fingerprint density at radius 2 is 1.29 bits per heavy atom. The topological polar surface area (TPSA) is 155 Å². The van der Waals surface area contributed by atoms with Crippen LogP contribution in [0.25, 0.3) is 0 Å². The highest BCUT2D eigenvalue weighted by atomic mass is 127. The van der Waals surface area contributed by atoms with Gasteiger partial charge in [-0.25, -0.2) is 0 Å². The summed E-state index contributed by atoms with van der Waals surface area (Å²) in [6.45, 7) is 7.15. The number of benzene rings is 1. The molecule has 2 unspecified atom stereocenters. The molecule has 2 atom stereocenters. The van der Waals surface area contributed by atoms with E-state index in [1.807, 2.05) is 67.8 Å². The number of esters is 4. The molecule has 0 saturated heterocycles. The fraction of sp³-hybridized carbons (Fsp3) is 0.478. The summed E-state index contributed by atoms with van der Waals surface area (Å²) in [7, 11) is 0. The van der Waals surface area contributed by atoms with Crippen LogP contribution in [0.4, 0.5) is 11.4 Å². The predicted molar refractivity (Wildman–Crippen MR) is 160 cm³/mol. The molecule has 0 saturated carbocycles. The van der Waals surface area contributed by atoms with Gasteiger partial charge in [0, 0.05) is 40.4 Å². The van der Waals surface area contributed by atoms with E-state index in [1.54, 1.807) is 0 Å². The van der Waals surface area contributed by atoms with Crippen molar-refractivity contribution in [3.8, 4) is 0 Å². The van der Waals surface area contributed by atoms with Gasteiger partial charge in [-0.05, 0) is 81.6 Å². The van der Waals surface area contributed by atoms with Crippen LogP contribution in [0.3, 0.4) is 0 Å².